The van der Waals surface area contributed by atoms with E-state index in [1.54, 1.807) is 7.11 Å². The number of methoxy groups -OCH3 is 1. The molecule has 0 radical (unpaired) electrons. The summed E-state index contributed by atoms with van der Waals surface area (Å²) in [5, 5.41) is 12.7. The summed E-state index contributed by atoms with van der Waals surface area (Å²) in [7, 11) is 1.66. The summed E-state index contributed by atoms with van der Waals surface area (Å²) in [6.45, 7) is 5.48. The molecule has 1 N–H and O–H groups in total. The van der Waals surface area contributed by atoms with Gasteiger partial charge in [-0.3, -0.25) is 0 Å². The number of likely N-dealkylation sites (tertiary alicyclic amines) is 1. The van der Waals surface area contributed by atoms with Gasteiger partial charge in [0.2, 0.25) is 0 Å². The maximum Gasteiger partial charge on any atom is 0.126 e. The van der Waals surface area contributed by atoms with Gasteiger partial charge in [0.15, 0.2) is 0 Å². The van der Waals surface area contributed by atoms with E-state index >= 15 is 0 Å². The maximum atomic E-state index is 12.7. The van der Waals surface area contributed by atoms with Crippen molar-refractivity contribution in [2.45, 2.75) is 31.3 Å². The molecule has 1 aliphatic rings. The Balaban J connectivity index is 0.00000306. The van der Waals surface area contributed by atoms with Gasteiger partial charge in [-0.1, -0.05) is 60.7 Å². The quantitative estimate of drug-likeness (QED) is 0.442. The van der Waals surface area contributed by atoms with Gasteiger partial charge in [0.1, 0.15) is 17.1 Å². The zero-order valence-electron chi connectivity index (χ0n) is 19.4. The van der Waals surface area contributed by atoms with Crippen molar-refractivity contribution in [1.82, 2.24) is 4.90 Å². The zero-order valence-corrected chi connectivity index (χ0v) is 20.3. The standard InChI is InChI=1S/C28H33NO3.ClH/c1-3-32-24-17-15-23(16-18-24)28(30,25-13-7-8-14-27(25)31-2)26(21-29-19-9-10-20-29)22-11-5-4-6-12-22;/h4-8,11-18,26,30H,3,9-10,19-21H2,1-2H3;1H. The molecule has 0 aromatic heterocycles. The predicted molar refractivity (Wildman–Crippen MR) is 136 cm³/mol. The fourth-order valence-corrected chi connectivity index (χ4v) is 4.86. The van der Waals surface area contributed by atoms with E-state index in [4.69, 9.17) is 9.47 Å². The van der Waals surface area contributed by atoms with E-state index in [1.807, 2.05) is 73.7 Å². The van der Waals surface area contributed by atoms with Crippen molar-refractivity contribution < 1.29 is 14.6 Å². The fraction of sp³-hybridized carbons (Fsp3) is 0.357. The second-order valence-electron chi connectivity index (χ2n) is 8.40. The van der Waals surface area contributed by atoms with Gasteiger partial charge >= 0.3 is 0 Å². The molecule has 3 aromatic carbocycles. The SMILES string of the molecule is CCOc1ccc(C(O)(c2ccccc2OC)C(CN2CCCC2)c2ccccc2)cc1.Cl. The Hall–Kier alpha value is -2.53. The van der Waals surface area contributed by atoms with Crippen LogP contribution in [0.4, 0.5) is 0 Å². The Morgan fingerprint density at radius 3 is 2.18 bits per heavy atom. The summed E-state index contributed by atoms with van der Waals surface area (Å²) in [5.74, 6) is 1.32. The van der Waals surface area contributed by atoms with Crippen molar-refractivity contribution in [3.05, 3.63) is 95.6 Å². The summed E-state index contributed by atoms with van der Waals surface area (Å²) < 4.78 is 11.4. The largest absolute Gasteiger partial charge is 0.496 e. The normalized spacial score (nSPS) is 16.5. The monoisotopic (exact) mass is 467 g/mol. The van der Waals surface area contributed by atoms with Crippen molar-refractivity contribution >= 4 is 12.4 Å². The number of ether oxygens (including phenoxy) is 2. The smallest absolute Gasteiger partial charge is 0.126 e. The van der Waals surface area contributed by atoms with Crippen molar-refractivity contribution in [3.8, 4) is 11.5 Å². The van der Waals surface area contributed by atoms with Crippen LogP contribution in [0.3, 0.4) is 0 Å². The molecule has 176 valence electrons. The lowest BCUT2D eigenvalue weighted by Gasteiger charge is -2.40. The number of benzene rings is 3. The van der Waals surface area contributed by atoms with Crippen molar-refractivity contribution in [2.24, 2.45) is 0 Å². The molecule has 3 aromatic rings. The molecule has 1 fully saturated rings. The molecule has 1 heterocycles. The summed E-state index contributed by atoms with van der Waals surface area (Å²) in [6, 6.07) is 26.0. The Morgan fingerprint density at radius 1 is 0.909 bits per heavy atom. The van der Waals surface area contributed by atoms with Gasteiger partial charge in [-0.05, 0) is 62.2 Å². The zero-order chi connectivity index (χ0) is 22.4. The first-order valence-corrected chi connectivity index (χ1v) is 11.5. The number of rotatable bonds is 9. The van der Waals surface area contributed by atoms with E-state index in [0.717, 1.165) is 42.1 Å². The van der Waals surface area contributed by atoms with Crippen molar-refractivity contribution in [3.63, 3.8) is 0 Å². The molecule has 0 spiro atoms. The van der Waals surface area contributed by atoms with Gasteiger partial charge in [0.05, 0.1) is 13.7 Å². The highest BCUT2D eigenvalue weighted by Crippen LogP contribution is 2.46. The molecule has 1 aliphatic heterocycles. The number of halogens is 1. The molecule has 5 heteroatoms. The highest BCUT2D eigenvalue weighted by molar-refractivity contribution is 5.85. The van der Waals surface area contributed by atoms with E-state index in [-0.39, 0.29) is 18.3 Å². The fourth-order valence-electron chi connectivity index (χ4n) is 4.86. The Bertz CT molecular complexity index is 990. The first-order valence-electron chi connectivity index (χ1n) is 11.5. The molecular weight excluding hydrogens is 434 g/mol. The van der Waals surface area contributed by atoms with Crippen LogP contribution < -0.4 is 9.47 Å². The predicted octanol–water partition coefficient (Wildman–Crippen LogP) is 5.63. The lowest BCUT2D eigenvalue weighted by molar-refractivity contribution is 0.0344. The number of aliphatic hydroxyl groups is 1. The highest BCUT2D eigenvalue weighted by atomic mass is 35.5. The summed E-state index contributed by atoms with van der Waals surface area (Å²) >= 11 is 0. The van der Waals surface area contributed by atoms with E-state index < -0.39 is 5.60 Å². The second kappa shape index (κ2) is 11.6. The van der Waals surface area contributed by atoms with Crippen LogP contribution in [0.2, 0.25) is 0 Å². The minimum Gasteiger partial charge on any atom is -0.496 e. The van der Waals surface area contributed by atoms with Crippen LogP contribution in [0.15, 0.2) is 78.9 Å². The van der Waals surface area contributed by atoms with Crippen molar-refractivity contribution in [1.29, 1.82) is 0 Å². The Labute approximate surface area is 203 Å². The molecule has 33 heavy (non-hydrogen) atoms. The van der Waals surface area contributed by atoms with Crippen LogP contribution >= 0.6 is 12.4 Å². The van der Waals surface area contributed by atoms with Gasteiger partial charge in [-0.2, -0.15) is 0 Å². The van der Waals surface area contributed by atoms with Crippen molar-refractivity contribution in [2.75, 3.05) is 33.4 Å². The van der Waals surface area contributed by atoms with Gasteiger partial charge in [-0.25, -0.2) is 0 Å². The molecule has 0 saturated carbocycles. The van der Waals surface area contributed by atoms with Gasteiger partial charge in [0.25, 0.3) is 0 Å². The summed E-state index contributed by atoms with van der Waals surface area (Å²) in [4.78, 5) is 2.46. The molecule has 0 bridgehead atoms. The number of para-hydroxylation sites is 1. The van der Waals surface area contributed by atoms with E-state index in [2.05, 4.69) is 17.0 Å². The second-order valence-corrected chi connectivity index (χ2v) is 8.40. The molecule has 0 amide bonds. The van der Waals surface area contributed by atoms with Gasteiger partial charge < -0.3 is 19.5 Å². The third kappa shape index (κ3) is 5.35. The number of hydrogen-bond acceptors (Lipinski definition) is 4. The lowest BCUT2D eigenvalue weighted by atomic mass is 9.72. The van der Waals surface area contributed by atoms with E-state index in [0.29, 0.717) is 12.4 Å². The van der Waals surface area contributed by atoms with Gasteiger partial charge in [0, 0.05) is 18.0 Å². The molecule has 4 nitrogen and oxygen atoms in total. The van der Waals surface area contributed by atoms with E-state index in [1.165, 1.54) is 12.8 Å². The average Bonchev–Trinajstić information content (AvgIpc) is 3.37. The molecule has 4 rings (SSSR count). The first kappa shape index (κ1) is 25.1. The van der Waals surface area contributed by atoms with Crippen LogP contribution in [0, 0.1) is 0 Å². The Kier molecular flexibility index (Phi) is 8.79. The maximum absolute atomic E-state index is 12.7. The van der Waals surface area contributed by atoms with Gasteiger partial charge in [-0.15, -0.1) is 12.4 Å². The minimum atomic E-state index is -1.28. The highest BCUT2D eigenvalue weighted by Gasteiger charge is 2.44. The van der Waals surface area contributed by atoms with Crippen LogP contribution in [-0.4, -0.2) is 43.4 Å². The topological polar surface area (TPSA) is 41.9 Å². The van der Waals surface area contributed by atoms with Crippen LogP contribution in [0.1, 0.15) is 42.4 Å². The van der Waals surface area contributed by atoms with E-state index in [9.17, 15) is 5.11 Å². The van der Waals surface area contributed by atoms with Crippen LogP contribution in [0.25, 0.3) is 0 Å². The number of nitrogens with zero attached hydrogens (tertiary/aromatic N) is 1. The van der Waals surface area contributed by atoms with Crippen LogP contribution in [-0.2, 0) is 5.60 Å². The minimum absolute atomic E-state index is 0. The number of hydrogen-bond donors (Lipinski definition) is 1. The molecule has 2 unspecified atom stereocenters. The molecular formula is C28H34ClNO3. The third-order valence-corrected chi connectivity index (χ3v) is 6.47. The van der Waals surface area contributed by atoms with Crippen LogP contribution in [0.5, 0.6) is 11.5 Å². The Morgan fingerprint density at radius 2 is 1.55 bits per heavy atom. The molecule has 1 saturated heterocycles. The average molecular weight is 468 g/mol. The lowest BCUT2D eigenvalue weighted by Crippen LogP contribution is -2.41. The summed E-state index contributed by atoms with van der Waals surface area (Å²) in [6.07, 6.45) is 2.41. The third-order valence-electron chi connectivity index (χ3n) is 6.47. The first-order chi connectivity index (χ1) is 15.7. The summed E-state index contributed by atoms with van der Waals surface area (Å²) in [5.41, 5.74) is 1.45. The molecule has 0 aliphatic carbocycles. The molecule has 2 atom stereocenters.